The van der Waals surface area contributed by atoms with E-state index in [1.54, 1.807) is 30.3 Å². The van der Waals surface area contributed by atoms with E-state index in [0.717, 1.165) is 18.9 Å². The van der Waals surface area contributed by atoms with Gasteiger partial charge in [-0.3, -0.25) is 14.0 Å². The molecule has 1 saturated heterocycles. The summed E-state index contributed by atoms with van der Waals surface area (Å²) in [5.41, 5.74) is -0.763. The van der Waals surface area contributed by atoms with Crippen LogP contribution in [0.5, 0.6) is 11.6 Å². The number of hydrogen-bond donors (Lipinski definition) is 1. The fraction of sp³-hybridized carbons (Fsp3) is 0.217. The maximum atomic E-state index is 14.1. The summed E-state index contributed by atoms with van der Waals surface area (Å²) in [4.78, 5) is 30.0. The Morgan fingerprint density at radius 3 is 2.91 bits per heavy atom. The lowest BCUT2D eigenvalue weighted by molar-refractivity contribution is -0.117. The SMILES string of the molecule is N#C/C(=C\c1c(Oc2ccccc2F)nc2ccccn2c1=O)C(=O)NC[C@@H]1CCCO1. The van der Waals surface area contributed by atoms with Crippen LogP contribution < -0.4 is 15.6 Å². The molecule has 1 aliphatic rings. The number of nitriles is 1. The Kier molecular flexibility index (Phi) is 6.24. The molecule has 1 aromatic carbocycles. The molecule has 1 amide bonds. The van der Waals surface area contributed by atoms with E-state index in [4.69, 9.17) is 9.47 Å². The van der Waals surface area contributed by atoms with Gasteiger partial charge < -0.3 is 14.8 Å². The molecule has 3 aromatic rings. The molecule has 0 spiro atoms. The molecule has 3 heterocycles. The minimum atomic E-state index is -0.655. The smallest absolute Gasteiger partial charge is 0.269 e. The van der Waals surface area contributed by atoms with E-state index in [9.17, 15) is 19.2 Å². The fourth-order valence-corrected chi connectivity index (χ4v) is 3.32. The Labute approximate surface area is 182 Å². The van der Waals surface area contributed by atoms with Crippen LogP contribution in [0.3, 0.4) is 0 Å². The number of benzene rings is 1. The first kappa shape index (κ1) is 21.2. The lowest BCUT2D eigenvalue weighted by Gasteiger charge is -2.12. The van der Waals surface area contributed by atoms with Crippen molar-refractivity contribution in [3.8, 4) is 17.7 Å². The van der Waals surface area contributed by atoms with Crippen LogP contribution >= 0.6 is 0 Å². The van der Waals surface area contributed by atoms with Gasteiger partial charge in [0.05, 0.1) is 6.10 Å². The van der Waals surface area contributed by atoms with Crippen molar-refractivity contribution in [1.82, 2.24) is 14.7 Å². The number of amides is 1. The summed E-state index contributed by atoms with van der Waals surface area (Å²) in [5, 5.41) is 12.2. The van der Waals surface area contributed by atoms with Crippen molar-refractivity contribution in [1.29, 1.82) is 5.26 Å². The number of nitrogens with zero attached hydrogens (tertiary/aromatic N) is 3. The normalized spacial score (nSPS) is 16.0. The van der Waals surface area contributed by atoms with Gasteiger partial charge in [-0.05, 0) is 43.2 Å². The quantitative estimate of drug-likeness (QED) is 0.472. The minimum Gasteiger partial charge on any atom is -0.435 e. The zero-order valence-corrected chi connectivity index (χ0v) is 17.0. The number of para-hydroxylation sites is 1. The van der Waals surface area contributed by atoms with Crippen LogP contribution in [0.2, 0.25) is 0 Å². The zero-order valence-electron chi connectivity index (χ0n) is 17.0. The van der Waals surface area contributed by atoms with E-state index >= 15 is 0 Å². The van der Waals surface area contributed by atoms with E-state index < -0.39 is 17.3 Å². The topological polar surface area (TPSA) is 106 Å². The molecule has 0 radical (unpaired) electrons. The van der Waals surface area contributed by atoms with E-state index in [1.165, 1.54) is 28.8 Å². The van der Waals surface area contributed by atoms with Crippen LogP contribution in [-0.2, 0) is 9.53 Å². The summed E-state index contributed by atoms with van der Waals surface area (Å²) >= 11 is 0. The van der Waals surface area contributed by atoms with Crippen molar-refractivity contribution in [3.63, 3.8) is 0 Å². The molecule has 32 heavy (non-hydrogen) atoms. The summed E-state index contributed by atoms with van der Waals surface area (Å²) in [7, 11) is 0. The number of rotatable bonds is 6. The summed E-state index contributed by atoms with van der Waals surface area (Å²) in [6, 6.07) is 12.4. The molecule has 0 saturated carbocycles. The van der Waals surface area contributed by atoms with Crippen LogP contribution in [0, 0.1) is 17.1 Å². The van der Waals surface area contributed by atoms with Crippen LogP contribution in [0.15, 0.2) is 59.0 Å². The van der Waals surface area contributed by atoms with E-state index in [2.05, 4.69) is 10.3 Å². The van der Waals surface area contributed by atoms with Gasteiger partial charge in [0.1, 0.15) is 22.9 Å². The van der Waals surface area contributed by atoms with Gasteiger partial charge in [-0.15, -0.1) is 0 Å². The third kappa shape index (κ3) is 4.50. The average Bonchev–Trinajstić information content (AvgIpc) is 3.33. The number of aromatic nitrogens is 2. The second-order valence-electron chi connectivity index (χ2n) is 7.11. The van der Waals surface area contributed by atoms with Gasteiger partial charge >= 0.3 is 0 Å². The molecule has 1 N–H and O–H groups in total. The van der Waals surface area contributed by atoms with Gasteiger partial charge in [0.25, 0.3) is 11.5 Å². The number of fused-ring (bicyclic) bond motifs is 1. The molecule has 9 heteroatoms. The summed E-state index contributed by atoms with van der Waals surface area (Å²) in [5.74, 6) is -1.66. The Bertz CT molecular complexity index is 1290. The number of nitrogens with one attached hydrogen (secondary N) is 1. The van der Waals surface area contributed by atoms with Crippen LogP contribution in [-0.4, -0.2) is 34.5 Å². The standard InChI is InChI=1S/C23H19FN4O4/c24-18-7-1-2-8-19(18)32-22-17(23(30)28-10-4-3-9-20(28)27-22)12-15(13-25)21(29)26-14-16-6-5-11-31-16/h1-4,7-10,12,16H,5-6,11,14H2,(H,26,29)/b15-12+/t16-/m0/s1. The number of pyridine rings is 1. The average molecular weight is 434 g/mol. The minimum absolute atomic E-state index is 0.105. The highest BCUT2D eigenvalue weighted by Crippen LogP contribution is 2.26. The maximum Gasteiger partial charge on any atom is 0.269 e. The van der Waals surface area contributed by atoms with Gasteiger partial charge in [0, 0.05) is 19.3 Å². The third-order valence-electron chi connectivity index (χ3n) is 4.95. The Morgan fingerprint density at radius 2 is 2.16 bits per heavy atom. The van der Waals surface area contributed by atoms with Crippen LogP contribution in [0.1, 0.15) is 18.4 Å². The first-order chi connectivity index (χ1) is 15.6. The second-order valence-corrected chi connectivity index (χ2v) is 7.11. The van der Waals surface area contributed by atoms with Gasteiger partial charge in [-0.2, -0.15) is 10.2 Å². The number of carbonyl (C=O) groups is 1. The molecule has 162 valence electrons. The predicted molar refractivity (Wildman–Crippen MR) is 114 cm³/mol. The largest absolute Gasteiger partial charge is 0.435 e. The zero-order chi connectivity index (χ0) is 22.5. The number of carbonyl (C=O) groups excluding carboxylic acids is 1. The highest BCUT2D eigenvalue weighted by molar-refractivity contribution is 6.01. The van der Waals surface area contributed by atoms with Crippen molar-refractivity contribution >= 4 is 17.6 Å². The molecule has 1 fully saturated rings. The molecule has 0 unspecified atom stereocenters. The van der Waals surface area contributed by atoms with Crippen molar-refractivity contribution < 1.29 is 18.7 Å². The lowest BCUT2D eigenvalue weighted by atomic mass is 10.1. The van der Waals surface area contributed by atoms with Crippen LogP contribution in [0.4, 0.5) is 4.39 Å². The molecule has 2 aromatic heterocycles. The van der Waals surface area contributed by atoms with Gasteiger partial charge in [0.15, 0.2) is 11.6 Å². The monoisotopic (exact) mass is 434 g/mol. The summed E-state index contributed by atoms with van der Waals surface area (Å²) < 4.78 is 26.4. The predicted octanol–water partition coefficient (Wildman–Crippen LogP) is 2.83. The first-order valence-corrected chi connectivity index (χ1v) is 10.0. The molecule has 8 nitrogen and oxygen atoms in total. The van der Waals surface area contributed by atoms with Crippen LogP contribution in [0.25, 0.3) is 11.7 Å². The number of ether oxygens (including phenoxy) is 2. The van der Waals surface area contributed by atoms with Crippen molar-refractivity contribution in [3.05, 3.63) is 76.0 Å². The van der Waals surface area contributed by atoms with Crippen molar-refractivity contribution in [2.45, 2.75) is 18.9 Å². The molecular weight excluding hydrogens is 415 g/mol. The van der Waals surface area contributed by atoms with Crippen molar-refractivity contribution in [2.75, 3.05) is 13.2 Å². The van der Waals surface area contributed by atoms with Crippen molar-refractivity contribution in [2.24, 2.45) is 0 Å². The van der Waals surface area contributed by atoms with E-state index in [-0.39, 0.29) is 41.1 Å². The van der Waals surface area contributed by atoms with Gasteiger partial charge in [-0.1, -0.05) is 18.2 Å². The lowest BCUT2D eigenvalue weighted by Crippen LogP contribution is -2.32. The molecule has 1 atom stereocenters. The van der Waals surface area contributed by atoms with Gasteiger partial charge in [0.2, 0.25) is 5.88 Å². The fourth-order valence-electron chi connectivity index (χ4n) is 3.32. The molecule has 4 rings (SSSR count). The second kappa shape index (κ2) is 9.41. The third-order valence-corrected chi connectivity index (χ3v) is 4.95. The molecule has 0 bridgehead atoms. The Balaban J connectivity index is 1.74. The first-order valence-electron chi connectivity index (χ1n) is 10.0. The summed E-state index contributed by atoms with van der Waals surface area (Å²) in [6.07, 6.45) is 4.24. The number of halogens is 1. The number of hydrogen-bond acceptors (Lipinski definition) is 6. The Morgan fingerprint density at radius 1 is 1.34 bits per heavy atom. The maximum absolute atomic E-state index is 14.1. The van der Waals surface area contributed by atoms with E-state index in [0.29, 0.717) is 6.61 Å². The summed E-state index contributed by atoms with van der Waals surface area (Å²) in [6.45, 7) is 0.892. The van der Waals surface area contributed by atoms with E-state index in [1.807, 2.05) is 0 Å². The highest BCUT2D eigenvalue weighted by Gasteiger charge is 2.20. The molecule has 1 aliphatic heterocycles. The highest BCUT2D eigenvalue weighted by atomic mass is 19.1. The Hall–Kier alpha value is -4.03. The molecular formula is C23H19FN4O4. The van der Waals surface area contributed by atoms with Gasteiger partial charge in [-0.25, -0.2) is 4.39 Å². The molecule has 0 aliphatic carbocycles.